The highest BCUT2D eigenvalue weighted by Gasteiger charge is 2.15. The molecule has 2 N–H and O–H groups in total. The molecule has 0 radical (unpaired) electrons. The van der Waals surface area contributed by atoms with E-state index in [4.69, 9.17) is 4.74 Å². The van der Waals surface area contributed by atoms with Crippen LogP contribution in [0.2, 0.25) is 0 Å². The molecule has 1 aliphatic rings. The molecular formula is C15H23ClN2O2. The van der Waals surface area contributed by atoms with Crippen LogP contribution in [0.1, 0.15) is 24.0 Å². The van der Waals surface area contributed by atoms with E-state index >= 15 is 0 Å². The highest BCUT2D eigenvalue weighted by Crippen LogP contribution is 2.21. The van der Waals surface area contributed by atoms with Crippen molar-refractivity contribution < 1.29 is 9.53 Å². The Morgan fingerprint density at radius 2 is 2.10 bits per heavy atom. The van der Waals surface area contributed by atoms with Crippen LogP contribution in [0, 0.1) is 13.8 Å². The summed E-state index contributed by atoms with van der Waals surface area (Å²) in [5, 5.41) is 6.26. The minimum Gasteiger partial charge on any atom is -0.483 e. The molecule has 1 fully saturated rings. The summed E-state index contributed by atoms with van der Waals surface area (Å²) >= 11 is 0. The molecular weight excluding hydrogens is 276 g/mol. The number of benzene rings is 1. The molecule has 1 aromatic rings. The molecule has 112 valence electrons. The third-order valence-corrected chi connectivity index (χ3v) is 3.46. The van der Waals surface area contributed by atoms with Crippen molar-refractivity contribution >= 4 is 18.3 Å². The number of para-hydroxylation sites is 1. The van der Waals surface area contributed by atoms with Crippen molar-refractivity contribution in [3.8, 4) is 5.75 Å². The molecule has 0 aromatic heterocycles. The fourth-order valence-corrected chi connectivity index (χ4v) is 2.38. The highest BCUT2D eigenvalue weighted by molar-refractivity contribution is 5.85. The first-order valence-electron chi connectivity index (χ1n) is 6.86. The van der Waals surface area contributed by atoms with Crippen LogP contribution >= 0.6 is 12.4 Å². The van der Waals surface area contributed by atoms with Crippen molar-refractivity contribution in [1.29, 1.82) is 0 Å². The van der Waals surface area contributed by atoms with E-state index in [1.807, 2.05) is 32.0 Å². The lowest BCUT2D eigenvalue weighted by Gasteiger charge is -2.14. The molecule has 0 aliphatic carbocycles. The molecule has 1 atom stereocenters. The average molecular weight is 299 g/mol. The first-order valence-corrected chi connectivity index (χ1v) is 6.86. The van der Waals surface area contributed by atoms with Crippen LogP contribution in [0.5, 0.6) is 5.75 Å². The van der Waals surface area contributed by atoms with E-state index in [-0.39, 0.29) is 24.9 Å². The van der Waals surface area contributed by atoms with Gasteiger partial charge in [-0.2, -0.15) is 0 Å². The van der Waals surface area contributed by atoms with E-state index in [2.05, 4.69) is 10.6 Å². The fraction of sp³-hybridized carbons (Fsp3) is 0.533. The van der Waals surface area contributed by atoms with Gasteiger partial charge in [0.25, 0.3) is 5.91 Å². The predicted octanol–water partition coefficient (Wildman–Crippen LogP) is 1.97. The topological polar surface area (TPSA) is 50.4 Å². The van der Waals surface area contributed by atoms with Gasteiger partial charge in [0.05, 0.1) is 0 Å². The Morgan fingerprint density at radius 1 is 1.40 bits per heavy atom. The number of carbonyl (C=O) groups is 1. The monoisotopic (exact) mass is 298 g/mol. The minimum absolute atomic E-state index is 0. The molecule has 0 spiro atoms. The summed E-state index contributed by atoms with van der Waals surface area (Å²) in [4.78, 5) is 11.7. The first kappa shape index (κ1) is 16.8. The lowest BCUT2D eigenvalue weighted by Crippen LogP contribution is -2.39. The molecule has 1 saturated heterocycles. The van der Waals surface area contributed by atoms with Crippen LogP contribution < -0.4 is 15.4 Å². The number of ether oxygens (including phenoxy) is 1. The number of aryl methyl sites for hydroxylation is 2. The van der Waals surface area contributed by atoms with Gasteiger partial charge in [-0.25, -0.2) is 0 Å². The van der Waals surface area contributed by atoms with Crippen molar-refractivity contribution in [2.45, 2.75) is 32.7 Å². The molecule has 5 heteroatoms. The van der Waals surface area contributed by atoms with Crippen LogP contribution in [-0.2, 0) is 4.79 Å². The van der Waals surface area contributed by atoms with E-state index in [1.54, 1.807) is 0 Å². The zero-order chi connectivity index (χ0) is 13.7. The molecule has 20 heavy (non-hydrogen) atoms. The van der Waals surface area contributed by atoms with Gasteiger partial charge in [-0.1, -0.05) is 18.2 Å². The second kappa shape index (κ2) is 8.12. The summed E-state index contributed by atoms with van der Waals surface area (Å²) in [7, 11) is 0. The number of nitrogens with one attached hydrogen (secondary N) is 2. The number of amides is 1. The predicted molar refractivity (Wildman–Crippen MR) is 82.7 cm³/mol. The van der Waals surface area contributed by atoms with E-state index in [0.717, 1.165) is 29.8 Å². The molecule has 2 rings (SSSR count). The lowest BCUT2D eigenvalue weighted by molar-refractivity contribution is -0.123. The van der Waals surface area contributed by atoms with Crippen LogP contribution in [0.25, 0.3) is 0 Å². The quantitative estimate of drug-likeness (QED) is 0.874. The van der Waals surface area contributed by atoms with Crippen LogP contribution in [0.4, 0.5) is 0 Å². The standard InChI is InChI=1S/C15H22N2O2.ClH/c1-11-5-3-6-12(2)15(11)19-10-14(18)17-9-13-7-4-8-16-13;/h3,5-6,13,16H,4,7-10H2,1-2H3,(H,17,18);1H. The number of rotatable bonds is 5. The van der Waals surface area contributed by atoms with Crippen molar-refractivity contribution in [3.63, 3.8) is 0 Å². The van der Waals surface area contributed by atoms with Gasteiger partial charge in [0.1, 0.15) is 5.75 Å². The van der Waals surface area contributed by atoms with Crippen LogP contribution in [-0.4, -0.2) is 31.6 Å². The molecule has 0 saturated carbocycles. The van der Waals surface area contributed by atoms with Crippen molar-refractivity contribution in [3.05, 3.63) is 29.3 Å². The van der Waals surface area contributed by atoms with Crippen molar-refractivity contribution in [1.82, 2.24) is 10.6 Å². The van der Waals surface area contributed by atoms with Gasteiger partial charge in [0.2, 0.25) is 0 Å². The summed E-state index contributed by atoms with van der Waals surface area (Å²) in [6.45, 7) is 5.80. The largest absolute Gasteiger partial charge is 0.483 e. The molecule has 1 unspecified atom stereocenters. The number of carbonyl (C=O) groups excluding carboxylic acids is 1. The molecule has 4 nitrogen and oxygen atoms in total. The van der Waals surface area contributed by atoms with Gasteiger partial charge in [-0.05, 0) is 44.4 Å². The molecule has 1 amide bonds. The zero-order valence-electron chi connectivity index (χ0n) is 12.1. The summed E-state index contributed by atoms with van der Waals surface area (Å²) in [6, 6.07) is 6.39. The Balaban J connectivity index is 0.00000200. The highest BCUT2D eigenvalue weighted by atomic mass is 35.5. The summed E-state index contributed by atoms with van der Waals surface area (Å²) < 4.78 is 5.61. The lowest BCUT2D eigenvalue weighted by atomic mass is 10.1. The number of halogens is 1. The first-order chi connectivity index (χ1) is 9.16. The van der Waals surface area contributed by atoms with Crippen molar-refractivity contribution in [2.24, 2.45) is 0 Å². The molecule has 1 aromatic carbocycles. The fourth-order valence-electron chi connectivity index (χ4n) is 2.38. The van der Waals surface area contributed by atoms with Gasteiger partial charge >= 0.3 is 0 Å². The maximum absolute atomic E-state index is 11.7. The minimum atomic E-state index is -0.0589. The number of hydrogen-bond donors (Lipinski definition) is 2. The molecule has 1 heterocycles. The Kier molecular flexibility index (Phi) is 6.82. The van der Waals surface area contributed by atoms with Crippen molar-refractivity contribution in [2.75, 3.05) is 19.7 Å². The Bertz CT molecular complexity index is 425. The van der Waals surface area contributed by atoms with Crippen LogP contribution in [0.15, 0.2) is 18.2 Å². The Labute approximate surface area is 126 Å². The smallest absolute Gasteiger partial charge is 0.257 e. The summed E-state index contributed by atoms with van der Waals surface area (Å²) in [5.41, 5.74) is 2.12. The molecule has 0 bridgehead atoms. The second-order valence-corrected chi connectivity index (χ2v) is 5.11. The third kappa shape index (κ3) is 4.69. The van der Waals surface area contributed by atoms with Gasteiger partial charge in [0, 0.05) is 12.6 Å². The van der Waals surface area contributed by atoms with Gasteiger partial charge < -0.3 is 15.4 Å². The maximum Gasteiger partial charge on any atom is 0.257 e. The van der Waals surface area contributed by atoms with E-state index in [1.165, 1.54) is 6.42 Å². The van der Waals surface area contributed by atoms with E-state index < -0.39 is 0 Å². The van der Waals surface area contributed by atoms with Gasteiger partial charge in [-0.15, -0.1) is 12.4 Å². The SMILES string of the molecule is Cc1cccc(C)c1OCC(=O)NCC1CCCN1.Cl. The van der Waals surface area contributed by atoms with Gasteiger partial charge in [-0.3, -0.25) is 4.79 Å². The normalized spacial score (nSPS) is 17.4. The zero-order valence-corrected chi connectivity index (χ0v) is 12.9. The Hall–Kier alpha value is -1.26. The van der Waals surface area contributed by atoms with Crippen LogP contribution in [0.3, 0.4) is 0 Å². The second-order valence-electron chi connectivity index (χ2n) is 5.11. The average Bonchev–Trinajstić information content (AvgIpc) is 2.89. The Morgan fingerprint density at radius 3 is 2.70 bits per heavy atom. The summed E-state index contributed by atoms with van der Waals surface area (Å²) in [5.74, 6) is 0.757. The number of hydrogen-bond acceptors (Lipinski definition) is 3. The third-order valence-electron chi connectivity index (χ3n) is 3.46. The van der Waals surface area contributed by atoms with E-state index in [0.29, 0.717) is 12.6 Å². The van der Waals surface area contributed by atoms with Gasteiger partial charge in [0.15, 0.2) is 6.61 Å². The summed E-state index contributed by atoms with van der Waals surface area (Å²) in [6.07, 6.45) is 2.33. The van der Waals surface area contributed by atoms with E-state index in [9.17, 15) is 4.79 Å². The molecule has 1 aliphatic heterocycles. The maximum atomic E-state index is 11.7.